The molecule has 1 aliphatic rings. The van der Waals surface area contributed by atoms with Gasteiger partial charge in [-0.15, -0.1) is 0 Å². The molecule has 25 heavy (non-hydrogen) atoms. The lowest BCUT2D eigenvalue weighted by Crippen LogP contribution is -2.13. The van der Waals surface area contributed by atoms with Crippen molar-refractivity contribution in [3.05, 3.63) is 94.0 Å². The van der Waals surface area contributed by atoms with Crippen LogP contribution in [0.25, 0.3) is 0 Å². The Morgan fingerprint density at radius 3 is 2.20 bits per heavy atom. The molecule has 0 radical (unpaired) electrons. The Morgan fingerprint density at radius 2 is 1.56 bits per heavy atom. The largest absolute Gasteiger partial charge is 0.457 e. The molecule has 1 fully saturated rings. The molecule has 0 aromatic heterocycles. The van der Waals surface area contributed by atoms with Crippen molar-refractivity contribution in [3.63, 3.8) is 0 Å². The van der Waals surface area contributed by atoms with Crippen LogP contribution in [0.5, 0.6) is 11.5 Å². The lowest BCUT2D eigenvalue weighted by atomic mass is 9.92. The highest BCUT2D eigenvalue weighted by atomic mass is 35.5. The van der Waals surface area contributed by atoms with Crippen LogP contribution in [-0.2, 0) is 16.8 Å². The second-order valence-corrected chi connectivity index (χ2v) is 6.99. The van der Waals surface area contributed by atoms with Crippen LogP contribution in [0.1, 0.15) is 11.1 Å². The van der Waals surface area contributed by atoms with Crippen LogP contribution in [0.15, 0.2) is 72.8 Å². The first-order valence-electron chi connectivity index (χ1n) is 8.06. The van der Waals surface area contributed by atoms with Gasteiger partial charge in [0.15, 0.2) is 0 Å². The third-order valence-corrected chi connectivity index (χ3v) is 4.87. The number of hydrogen-bond donors (Lipinski definition) is 0. The van der Waals surface area contributed by atoms with Gasteiger partial charge in [0, 0.05) is 17.0 Å². The molecule has 3 aromatic carbocycles. The molecule has 0 N–H and O–H groups in total. The first-order valence-corrected chi connectivity index (χ1v) is 8.82. The zero-order valence-corrected chi connectivity index (χ0v) is 14.9. The van der Waals surface area contributed by atoms with Gasteiger partial charge in [0.25, 0.3) is 0 Å². The van der Waals surface area contributed by atoms with Gasteiger partial charge < -0.3 is 9.47 Å². The third kappa shape index (κ3) is 3.67. The summed E-state index contributed by atoms with van der Waals surface area (Å²) in [5.74, 6) is 1.40. The predicted octanol–water partition coefficient (Wildman–Crippen LogP) is 6.25. The van der Waals surface area contributed by atoms with Crippen LogP contribution in [0, 0.1) is 0 Å². The molecule has 0 aliphatic carbocycles. The van der Waals surface area contributed by atoms with E-state index < -0.39 is 0 Å². The highest BCUT2D eigenvalue weighted by molar-refractivity contribution is 6.31. The quantitative estimate of drug-likeness (QED) is 0.494. The summed E-state index contributed by atoms with van der Waals surface area (Å²) in [4.78, 5) is 0. The number of rotatable bonds is 5. The van der Waals surface area contributed by atoms with E-state index in [1.165, 1.54) is 5.56 Å². The summed E-state index contributed by atoms with van der Waals surface area (Å²) in [6.07, 6.45) is 0.810. The summed E-state index contributed by atoms with van der Waals surface area (Å²) in [6.45, 7) is 0.680. The van der Waals surface area contributed by atoms with Crippen molar-refractivity contribution in [3.8, 4) is 11.5 Å². The summed E-state index contributed by atoms with van der Waals surface area (Å²) in [6, 6.07) is 23.3. The summed E-state index contributed by atoms with van der Waals surface area (Å²) in [7, 11) is 0. The monoisotopic (exact) mass is 370 g/mol. The maximum Gasteiger partial charge on any atom is 0.128 e. The first kappa shape index (κ1) is 16.5. The molecule has 3 aromatic rings. The molecule has 1 atom stereocenters. The van der Waals surface area contributed by atoms with E-state index in [-0.39, 0.29) is 5.60 Å². The van der Waals surface area contributed by atoms with Crippen molar-refractivity contribution in [2.24, 2.45) is 0 Å². The first-order chi connectivity index (χ1) is 12.1. The average Bonchev–Trinajstić information content (AvgIpc) is 3.38. The molecule has 1 aliphatic heterocycles. The molecule has 0 bridgehead atoms. The molecule has 4 rings (SSSR count). The molecule has 4 heteroatoms. The average molecular weight is 371 g/mol. The Kier molecular flexibility index (Phi) is 4.43. The van der Waals surface area contributed by atoms with E-state index in [0.717, 1.165) is 17.7 Å². The van der Waals surface area contributed by atoms with Crippen molar-refractivity contribution in [1.82, 2.24) is 0 Å². The van der Waals surface area contributed by atoms with Crippen LogP contribution < -0.4 is 4.74 Å². The van der Waals surface area contributed by atoms with Gasteiger partial charge in [0.1, 0.15) is 17.1 Å². The maximum absolute atomic E-state index is 6.53. The van der Waals surface area contributed by atoms with Gasteiger partial charge in [-0.25, -0.2) is 0 Å². The number of ether oxygens (including phenoxy) is 2. The van der Waals surface area contributed by atoms with Crippen LogP contribution in [0.4, 0.5) is 0 Å². The van der Waals surface area contributed by atoms with Crippen molar-refractivity contribution in [1.29, 1.82) is 0 Å². The van der Waals surface area contributed by atoms with E-state index in [9.17, 15) is 0 Å². The smallest absolute Gasteiger partial charge is 0.128 e. The summed E-state index contributed by atoms with van der Waals surface area (Å²) < 4.78 is 11.6. The Hall–Kier alpha value is -2.00. The van der Waals surface area contributed by atoms with E-state index in [1.54, 1.807) is 12.1 Å². The van der Waals surface area contributed by atoms with Gasteiger partial charge >= 0.3 is 0 Å². The Labute approximate surface area is 156 Å². The normalized spacial score (nSPS) is 18.8. The van der Waals surface area contributed by atoms with Crippen molar-refractivity contribution < 1.29 is 9.47 Å². The van der Waals surface area contributed by atoms with E-state index >= 15 is 0 Å². The standard InChI is InChI=1S/C21H16Cl2O2/c22-16-6-8-17(9-7-16)25-18-10-11-19(20(23)12-18)21(14-24-21)13-15-4-2-1-3-5-15/h1-12H,13-14H2. The van der Waals surface area contributed by atoms with Gasteiger partial charge in [-0.2, -0.15) is 0 Å². The van der Waals surface area contributed by atoms with Crippen molar-refractivity contribution in [2.75, 3.05) is 6.61 Å². The molecule has 1 unspecified atom stereocenters. The van der Waals surface area contributed by atoms with E-state index in [0.29, 0.717) is 22.4 Å². The number of epoxide rings is 1. The van der Waals surface area contributed by atoms with Gasteiger partial charge in [-0.05, 0) is 42.0 Å². The van der Waals surface area contributed by atoms with Crippen LogP contribution in [-0.4, -0.2) is 6.61 Å². The molecule has 1 saturated heterocycles. The topological polar surface area (TPSA) is 21.8 Å². The maximum atomic E-state index is 6.53. The molecular weight excluding hydrogens is 355 g/mol. The van der Waals surface area contributed by atoms with Gasteiger partial charge in [-0.3, -0.25) is 0 Å². The summed E-state index contributed by atoms with van der Waals surface area (Å²) >= 11 is 12.4. The van der Waals surface area contributed by atoms with Crippen LogP contribution >= 0.6 is 23.2 Å². The minimum Gasteiger partial charge on any atom is -0.457 e. The van der Waals surface area contributed by atoms with Crippen LogP contribution in [0.2, 0.25) is 10.0 Å². The SMILES string of the molecule is Clc1ccc(Oc2ccc(C3(Cc4ccccc4)CO3)c(Cl)c2)cc1. The van der Waals surface area contributed by atoms with Crippen molar-refractivity contribution in [2.45, 2.75) is 12.0 Å². The Morgan fingerprint density at radius 1 is 0.880 bits per heavy atom. The van der Waals surface area contributed by atoms with Gasteiger partial charge in [0.05, 0.1) is 11.6 Å². The fourth-order valence-electron chi connectivity index (χ4n) is 2.93. The van der Waals surface area contributed by atoms with Crippen molar-refractivity contribution >= 4 is 23.2 Å². The molecular formula is C21H16Cl2O2. The zero-order chi connectivity index (χ0) is 17.3. The molecule has 2 nitrogen and oxygen atoms in total. The fraction of sp³-hybridized carbons (Fsp3) is 0.143. The molecule has 0 amide bonds. The van der Waals surface area contributed by atoms with Gasteiger partial charge in [-0.1, -0.05) is 59.6 Å². The fourth-order valence-corrected chi connectivity index (χ4v) is 3.40. The minimum atomic E-state index is -0.322. The molecule has 1 heterocycles. The van der Waals surface area contributed by atoms with E-state index in [4.69, 9.17) is 32.7 Å². The minimum absolute atomic E-state index is 0.322. The Balaban J connectivity index is 1.54. The second-order valence-electron chi connectivity index (χ2n) is 6.14. The van der Waals surface area contributed by atoms with E-state index in [1.807, 2.05) is 48.5 Å². The van der Waals surface area contributed by atoms with Crippen LogP contribution in [0.3, 0.4) is 0 Å². The number of benzene rings is 3. The van der Waals surface area contributed by atoms with E-state index in [2.05, 4.69) is 12.1 Å². The van der Waals surface area contributed by atoms with Gasteiger partial charge in [0.2, 0.25) is 0 Å². The highest BCUT2D eigenvalue weighted by Crippen LogP contribution is 2.45. The predicted molar refractivity (Wildman–Crippen MR) is 101 cm³/mol. The summed E-state index contributed by atoms with van der Waals surface area (Å²) in [5, 5.41) is 1.33. The lowest BCUT2D eigenvalue weighted by molar-refractivity contribution is 0.306. The highest BCUT2D eigenvalue weighted by Gasteiger charge is 2.47. The molecule has 126 valence electrons. The lowest BCUT2D eigenvalue weighted by Gasteiger charge is -2.15. The summed E-state index contributed by atoms with van der Waals surface area (Å²) in [5.41, 5.74) is 1.91. The number of halogens is 2. The second kappa shape index (κ2) is 6.72. The third-order valence-electron chi connectivity index (χ3n) is 4.31. The zero-order valence-electron chi connectivity index (χ0n) is 13.4. The number of hydrogen-bond acceptors (Lipinski definition) is 2. The molecule has 0 spiro atoms. The molecule has 0 saturated carbocycles. The Bertz CT molecular complexity index is 872.